The van der Waals surface area contributed by atoms with Crippen LogP contribution < -0.4 is 59.3 Å². The van der Waals surface area contributed by atoms with Crippen LogP contribution in [0.5, 0.6) is 0 Å². The van der Waals surface area contributed by atoms with Gasteiger partial charge in [-0.1, -0.05) is 55.4 Å². The number of carboxylic acid groups (broad SMARTS) is 4. The highest BCUT2D eigenvalue weighted by Gasteiger charge is 2.36. The molecule has 73 heavy (non-hydrogen) atoms. The number of carbonyl (C=O) groups excluding carboxylic acids is 9. The predicted molar refractivity (Wildman–Crippen MR) is 258 cm³/mol. The van der Waals surface area contributed by atoms with E-state index in [-0.39, 0.29) is 62.3 Å². The minimum atomic E-state index is -2.04. The number of rotatable bonds is 35. The van der Waals surface area contributed by atoms with E-state index in [1.807, 2.05) is 0 Å². The van der Waals surface area contributed by atoms with Crippen LogP contribution in [0.3, 0.4) is 0 Å². The second-order valence-electron chi connectivity index (χ2n) is 19.2. The first kappa shape index (κ1) is 65.9. The zero-order chi connectivity index (χ0) is 56.4. The summed E-state index contributed by atoms with van der Waals surface area (Å²) in [5.41, 5.74) is 11.1. The summed E-state index contributed by atoms with van der Waals surface area (Å²) in [6, 6.07) is -14.7. The van der Waals surface area contributed by atoms with Gasteiger partial charge in [-0.25, -0.2) is 4.79 Å². The molecule has 0 aliphatic rings. The summed E-state index contributed by atoms with van der Waals surface area (Å²) in [5.74, 6) is -15.5. The van der Waals surface area contributed by atoms with Gasteiger partial charge in [0.25, 0.3) is 0 Å². The summed E-state index contributed by atoms with van der Waals surface area (Å²) < 4.78 is 0. The van der Waals surface area contributed by atoms with Gasteiger partial charge in [0, 0.05) is 13.0 Å². The minimum absolute atomic E-state index is 0.0101. The number of hydrogen-bond acceptors (Lipinski definition) is 14. The van der Waals surface area contributed by atoms with Crippen molar-refractivity contribution in [3.8, 4) is 0 Å². The molecule has 414 valence electrons. The molecule has 17 N–H and O–H groups in total. The Morgan fingerprint density at radius 3 is 1.05 bits per heavy atom. The lowest BCUT2D eigenvalue weighted by atomic mass is 9.99. The van der Waals surface area contributed by atoms with Crippen LogP contribution in [0.2, 0.25) is 0 Å². The maximum Gasteiger partial charge on any atom is 0.325 e. The third-order valence-corrected chi connectivity index (χ3v) is 10.7. The monoisotopic (exact) mass is 1040 g/mol. The molecule has 0 aromatic carbocycles. The van der Waals surface area contributed by atoms with Gasteiger partial charge in [-0.3, -0.25) is 57.5 Å². The van der Waals surface area contributed by atoms with Gasteiger partial charge in [0.15, 0.2) is 0 Å². The van der Waals surface area contributed by atoms with Gasteiger partial charge in [0.2, 0.25) is 47.3 Å². The van der Waals surface area contributed by atoms with E-state index in [1.165, 1.54) is 0 Å². The number of amides is 10. The average molecular weight is 1040 g/mol. The second kappa shape index (κ2) is 32.8. The smallest absolute Gasteiger partial charge is 0.325 e. The first-order valence-electron chi connectivity index (χ1n) is 23.9. The van der Waals surface area contributed by atoms with Crippen molar-refractivity contribution in [3.05, 3.63) is 0 Å². The van der Waals surface area contributed by atoms with Gasteiger partial charge < -0.3 is 79.7 Å². The molecule has 0 rings (SSSR count). The van der Waals surface area contributed by atoms with Gasteiger partial charge in [0.1, 0.15) is 48.3 Å². The molecule has 28 heteroatoms. The maximum absolute atomic E-state index is 13.9. The van der Waals surface area contributed by atoms with Crippen molar-refractivity contribution in [3.63, 3.8) is 0 Å². The van der Waals surface area contributed by atoms with Crippen molar-refractivity contribution < 1.29 is 82.8 Å². The number of hydrogen-bond donors (Lipinski definition) is 15. The lowest BCUT2D eigenvalue weighted by Gasteiger charge is -2.28. The molecule has 0 aromatic rings. The van der Waals surface area contributed by atoms with Crippen molar-refractivity contribution in [1.29, 1.82) is 0 Å². The largest absolute Gasteiger partial charge is 0.481 e. The van der Waals surface area contributed by atoms with Crippen LogP contribution in [0.25, 0.3) is 0 Å². The normalized spacial score (nSPS) is 14.9. The zero-order valence-electron chi connectivity index (χ0n) is 42.8. The average Bonchev–Trinajstić information content (AvgIpc) is 3.25. The molecule has 0 saturated heterocycles. The number of nitrogens with two attached hydrogens (primary N) is 2. The minimum Gasteiger partial charge on any atom is -0.481 e. The van der Waals surface area contributed by atoms with Crippen LogP contribution in [0, 0.1) is 23.7 Å². The van der Waals surface area contributed by atoms with E-state index in [9.17, 15) is 82.8 Å². The van der Waals surface area contributed by atoms with Gasteiger partial charge in [-0.15, -0.1) is 0 Å². The van der Waals surface area contributed by atoms with Crippen molar-refractivity contribution in [2.75, 3.05) is 6.54 Å². The fourth-order valence-electron chi connectivity index (χ4n) is 6.78. The Kier molecular flexibility index (Phi) is 29.6. The van der Waals surface area contributed by atoms with Gasteiger partial charge in [-0.05, 0) is 69.1 Å². The molecule has 10 amide bonds. The summed E-state index contributed by atoms with van der Waals surface area (Å²) in [6.07, 6.45) is -3.78. The molecule has 0 unspecified atom stereocenters. The van der Waals surface area contributed by atoms with Crippen molar-refractivity contribution in [2.45, 2.75) is 174 Å². The summed E-state index contributed by atoms with van der Waals surface area (Å²) >= 11 is 0. The Morgan fingerprint density at radius 2 is 0.726 bits per heavy atom. The highest BCUT2D eigenvalue weighted by molar-refractivity contribution is 5.99. The molecule has 28 nitrogen and oxygen atoms in total. The topological polar surface area (TPSA) is 463 Å². The lowest BCUT2D eigenvalue weighted by molar-refractivity contribution is -0.143. The van der Waals surface area contributed by atoms with E-state index in [1.54, 1.807) is 55.4 Å². The molecule has 0 heterocycles. The number of aliphatic carboxylic acids is 4. The molecule has 0 aliphatic heterocycles. The SMILES string of the molecule is CC(C)C[C@H](NC(=O)[C@H](CC(C)C)NC(=O)[C@H](CC(=O)O)NC(=O)[C@H](CC(=O)O)NC(=O)[C@H](CCCNC(N)=O)NC(=O)[C@H](CC(C)C)NC(=O)[C@@H](N)C(C)C)C(=O)N[C@@H](CCC(=O)O)C(=O)N[C@@H](C)C(=O)O. The molecular formula is C45H77N11O17. The highest BCUT2D eigenvalue weighted by Crippen LogP contribution is 2.13. The Labute approximate surface area is 423 Å². The van der Waals surface area contributed by atoms with E-state index in [0.717, 1.165) is 6.92 Å². The Balaban J connectivity index is 6.80. The first-order chi connectivity index (χ1) is 33.7. The molecule has 0 fully saturated rings. The van der Waals surface area contributed by atoms with Crippen molar-refractivity contribution >= 4 is 77.2 Å². The van der Waals surface area contributed by atoms with E-state index in [4.69, 9.17) is 11.5 Å². The third-order valence-electron chi connectivity index (χ3n) is 10.7. The second-order valence-corrected chi connectivity index (χ2v) is 19.2. The Bertz CT molecular complexity index is 1960. The summed E-state index contributed by atoms with van der Waals surface area (Å²) in [4.78, 5) is 167. The Morgan fingerprint density at radius 1 is 0.411 bits per heavy atom. The number of carboxylic acids is 4. The first-order valence-corrected chi connectivity index (χ1v) is 23.9. The van der Waals surface area contributed by atoms with Crippen LogP contribution >= 0.6 is 0 Å². The van der Waals surface area contributed by atoms with Crippen LogP contribution in [-0.2, 0) is 57.5 Å². The summed E-state index contributed by atoms with van der Waals surface area (Å²) in [7, 11) is 0. The van der Waals surface area contributed by atoms with Crippen LogP contribution in [0.4, 0.5) is 4.79 Å². The quantitative estimate of drug-likeness (QED) is 0.0288. The molecule has 0 bridgehead atoms. The van der Waals surface area contributed by atoms with E-state index in [2.05, 4.69) is 47.9 Å². The predicted octanol–water partition coefficient (Wildman–Crippen LogP) is -2.65. The molecule has 9 atom stereocenters. The summed E-state index contributed by atoms with van der Waals surface area (Å²) in [6.45, 7) is 14.6. The van der Waals surface area contributed by atoms with Crippen LogP contribution in [0.1, 0.15) is 120 Å². The molecule has 0 saturated carbocycles. The number of primary amides is 1. The van der Waals surface area contributed by atoms with E-state index in [0.29, 0.717) is 0 Å². The van der Waals surface area contributed by atoms with Gasteiger partial charge >= 0.3 is 29.9 Å². The number of nitrogens with one attached hydrogen (secondary N) is 9. The molecular weight excluding hydrogens is 967 g/mol. The van der Waals surface area contributed by atoms with E-state index < -0.39 is 157 Å². The van der Waals surface area contributed by atoms with Gasteiger partial charge in [-0.2, -0.15) is 0 Å². The van der Waals surface area contributed by atoms with Crippen LogP contribution in [0.15, 0.2) is 0 Å². The van der Waals surface area contributed by atoms with Gasteiger partial charge in [0.05, 0.1) is 18.9 Å². The third kappa shape index (κ3) is 27.3. The molecule has 0 aromatic heterocycles. The number of carbonyl (C=O) groups is 13. The maximum atomic E-state index is 13.9. The van der Waals surface area contributed by atoms with Crippen molar-refractivity contribution in [1.82, 2.24) is 47.9 Å². The molecule has 0 aliphatic carbocycles. The molecule has 0 spiro atoms. The standard InChI is InChI=1S/C45H77N11O17/c1-20(2)15-27(38(65)51-26(12-13-32(57)58)36(63)49-24(9)44(71)72)52-40(67)28(16-21(3)4)53-41(68)31(19-34(61)62)55-42(69)30(18-33(59)60)54-37(64)25(11-10-14-48-45(47)73)50-39(66)29(17-22(5)6)56-43(70)35(46)23(7)8/h20-31,35H,10-19,46H2,1-9H3,(H,49,63)(H,50,66)(H,51,65)(H,52,67)(H,53,68)(H,54,64)(H,55,69)(H,56,70)(H,57,58)(H,59,60)(H,61,62)(H,71,72)(H3,47,48,73)/t24-,25-,26-,27-,28-,29-,30-,31-,35-/m0/s1. The highest BCUT2D eigenvalue weighted by atomic mass is 16.4. The Hall–Kier alpha value is -7.13. The van der Waals surface area contributed by atoms with Crippen molar-refractivity contribution in [2.24, 2.45) is 35.1 Å². The number of urea groups is 1. The lowest BCUT2D eigenvalue weighted by Crippen LogP contribution is -2.61. The molecule has 0 radical (unpaired) electrons. The fourth-order valence-corrected chi connectivity index (χ4v) is 6.78. The van der Waals surface area contributed by atoms with E-state index >= 15 is 0 Å². The summed E-state index contributed by atoms with van der Waals surface area (Å²) in [5, 5.41) is 59.0. The fraction of sp³-hybridized carbons (Fsp3) is 0.711. The van der Waals surface area contributed by atoms with Crippen LogP contribution in [-0.4, -0.2) is 159 Å². The zero-order valence-corrected chi connectivity index (χ0v) is 42.8.